The lowest BCUT2D eigenvalue weighted by Crippen LogP contribution is -2.48. The zero-order valence-corrected chi connectivity index (χ0v) is 9.09. The summed E-state index contributed by atoms with van der Waals surface area (Å²) >= 11 is 0. The molecule has 1 aliphatic heterocycles. The summed E-state index contributed by atoms with van der Waals surface area (Å²) in [7, 11) is 0. The first-order valence-electron chi connectivity index (χ1n) is 4.67. The second-order valence-corrected chi connectivity index (χ2v) is 3.57. The van der Waals surface area contributed by atoms with Crippen molar-refractivity contribution in [1.82, 2.24) is 15.2 Å². The number of halogens is 1. The molecule has 1 saturated heterocycles. The van der Waals surface area contributed by atoms with Gasteiger partial charge >= 0.3 is 0 Å². The van der Waals surface area contributed by atoms with E-state index >= 15 is 0 Å². The Morgan fingerprint density at radius 1 is 1.71 bits per heavy atom. The van der Waals surface area contributed by atoms with Gasteiger partial charge in [-0.2, -0.15) is 0 Å². The van der Waals surface area contributed by atoms with Gasteiger partial charge in [0.15, 0.2) is 6.39 Å². The Morgan fingerprint density at radius 3 is 3.21 bits per heavy atom. The lowest BCUT2D eigenvalue weighted by Gasteiger charge is -2.30. The summed E-state index contributed by atoms with van der Waals surface area (Å²) in [5.74, 6) is 0. The highest BCUT2D eigenvalue weighted by Gasteiger charge is 2.15. The first-order valence-corrected chi connectivity index (χ1v) is 4.67. The first-order chi connectivity index (χ1) is 6.34. The monoisotopic (exact) mass is 217 g/mol. The summed E-state index contributed by atoms with van der Waals surface area (Å²) in [5.41, 5.74) is 1.02. The molecule has 1 aliphatic rings. The van der Waals surface area contributed by atoms with Gasteiger partial charge in [-0.25, -0.2) is 4.98 Å². The van der Waals surface area contributed by atoms with Crippen molar-refractivity contribution in [2.75, 3.05) is 19.6 Å². The molecule has 80 valence electrons. The highest BCUT2D eigenvalue weighted by molar-refractivity contribution is 5.85. The minimum absolute atomic E-state index is 0. The van der Waals surface area contributed by atoms with Gasteiger partial charge in [0.25, 0.3) is 0 Å². The van der Waals surface area contributed by atoms with Gasteiger partial charge in [0.2, 0.25) is 0 Å². The van der Waals surface area contributed by atoms with Crippen molar-refractivity contribution in [2.45, 2.75) is 19.5 Å². The van der Waals surface area contributed by atoms with Crippen LogP contribution in [-0.2, 0) is 6.54 Å². The number of rotatable bonds is 2. The lowest BCUT2D eigenvalue weighted by atomic mass is 10.2. The molecule has 2 rings (SSSR count). The predicted octanol–water partition coefficient (Wildman–Crippen LogP) is 0.890. The second kappa shape index (κ2) is 5.34. The fourth-order valence-electron chi connectivity index (χ4n) is 1.70. The van der Waals surface area contributed by atoms with Gasteiger partial charge in [0, 0.05) is 32.2 Å². The Morgan fingerprint density at radius 2 is 2.57 bits per heavy atom. The lowest BCUT2D eigenvalue weighted by molar-refractivity contribution is 0.197. The number of piperazine rings is 1. The molecule has 14 heavy (non-hydrogen) atoms. The van der Waals surface area contributed by atoms with Crippen LogP contribution in [0.4, 0.5) is 0 Å². The number of aromatic nitrogens is 1. The summed E-state index contributed by atoms with van der Waals surface area (Å²) in [6.07, 6.45) is 3.20. The van der Waals surface area contributed by atoms with Crippen LogP contribution < -0.4 is 5.32 Å². The number of hydrogen-bond donors (Lipinski definition) is 1. The van der Waals surface area contributed by atoms with Crippen LogP contribution in [0.5, 0.6) is 0 Å². The average molecular weight is 218 g/mol. The third-order valence-corrected chi connectivity index (χ3v) is 2.32. The van der Waals surface area contributed by atoms with Crippen LogP contribution in [-0.4, -0.2) is 35.6 Å². The molecule has 0 radical (unpaired) electrons. The Labute approximate surface area is 90.1 Å². The Bertz CT molecular complexity index is 253. The number of nitrogens with zero attached hydrogens (tertiary/aromatic N) is 2. The standard InChI is InChI=1S/C9H15N3O.ClH/c1-8-4-12(3-2-10-8)5-9-6-13-7-11-9;/h6-8,10H,2-5H2,1H3;1H/t8-;/m1./s1. The van der Waals surface area contributed by atoms with E-state index in [1.807, 2.05) is 0 Å². The van der Waals surface area contributed by atoms with Crippen LogP contribution in [0, 0.1) is 0 Å². The molecular formula is C9H16ClN3O. The minimum Gasteiger partial charge on any atom is -0.451 e. The number of oxazole rings is 1. The Kier molecular flexibility index (Phi) is 4.38. The maximum Gasteiger partial charge on any atom is 0.180 e. The maximum absolute atomic E-state index is 4.93. The van der Waals surface area contributed by atoms with Crippen molar-refractivity contribution in [3.63, 3.8) is 0 Å². The van der Waals surface area contributed by atoms with Crippen LogP contribution in [0.3, 0.4) is 0 Å². The van der Waals surface area contributed by atoms with Gasteiger partial charge in [0.1, 0.15) is 6.26 Å². The van der Waals surface area contributed by atoms with Gasteiger partial charge in [-0.05, 0) is 6.92 Å². The Hall–Kier alpha value is -0.580. The van der Waals surface area contributed by atoms with Crippen molar-refractivity contribution in [2.24, 2.45) is 0 Å². The van der Waals surface area contributed by atoms with Gasteiger partial charge in [0.05, 0.1) is 5.69 Å². The van der Waals surface area contributed by atoms with Crippen molar-refractivity contribution in [3.05, 3.63) is 18.4 Å². The first kappa shape index (κ1) is 11.5. The van der Waals surface area contributed by atoms with E-state index in [2.05, 4.69) is 22.1 Å². The van der Waals surface area contributed by atoms with E-state index in [0.29, 0.717) is 6.04 Å². The molecule has 2 heterocycles. The fraction of sp³-hybridized carbons (Fsp3) is 0.667. The van der Waals surface area contributed by atoms with E-state index in [9.17, 15) is 0 Å². The molecule has 0 bridgehead atoms. The zero-order valence-electron chi connectivity index (χ0n) is 8.27. The molecule has 1 atom stereocenters. The van der Waals surface area contributed by atoms with Crippen molar-refractivity contribution in [3.8, 4) is 0 Å². The second-order valence-electron chi connectivity index (χ2n) is 3.57. The van der Waals surface area contributed by atoms with Crippen LogP contribution in [0.15, 0.2) is 17.1 Å². The molecule has 0 aromatic carbocycles. The topological polar surface area (TPSA) is 41.3 Å². The maximum atomic E-state index is 4.93. The van der Waals surface area contributed by atoms with Crippen LogP contribution in [0.1, 0.15) is 12.6 Å². The third-order valence-electron chi connectivity index (χ3n) is 2.32. The molecule has 0 aliphatic carbocycles. The molecule has 0 unspecified atom stereocenters. The van der Waals surface area contributed by atoms with E-state index in [1.54, 1.807) is 6.26 Å². The molecule has 5 heteroatoms. The molecule has 1 N–H and O–H groups in total. The van der Waals surface area contributed by atoms with E-state index in [0.717, 1.165) is 31.9 Å². The van der Waals surface area contributed by atoms with Crippen LogP contribution in [0.25, 0.3) is 0 Å². The van der Waals surface area contributed by atoms with Crippen molar-refractivity contribution < 1.29 is 4.42 Å². The molecule has 1 fully saturated rings. The summed E-state index contributed by atoms with van der Waals surface area (Å²) in [5, 5.41) is 3.41. The van der Waals surface area contributed by atoms with E-state index in [1.165, 1.54) is 6.39 Å². The van der Waals surface area contributed by atoms with Crippen molar-refractivity contribution in [1.29, 1.82) is 0 Å². The fourth-order valence-corrected chi connectivity index (χ4v) is 1.70. The number of nitrogens with one attached hydrogen (secondary N) is 1. The third kappa shape index (κ3) is 2.97. The molecule has 0 spiro atoms. The van der Waals surface area contributed by atoms with Gasteiger partial charge < -0.3 is 9.73 Å². The Balaban J connectivity index is 0.000000980. The largest absolute Gasteiger partial charge is 0.451 e. The smallest absolute Gasteiger partial charge is 0.180 e. The SMILES string of the molecule is C[C@@H]1CN(Cc2cocn2)CCN1.Cl. The minimum atomic E-state index is 0. The molecular weight excluding hydrogens is 202 g/mol. The summed E-state index contributed by atoms with van der Waals surface area (Å²) in [6.45, 7) is 6.36. The normalized spacial score (nSPS) is 23.1. The summed E-state index contributed by atoms with van der Waals surface area (Å²) in [4.78, 5) is 6.49. The molecule has 1 aromatic heterocycles. The van der Waals surface area contributed by atoms with Crippen LogP contribution >= 0.6 is 12.4 Å². The highest BCUT2D eigenvalue weighted by atomic mass is 35.5. The van der Waals surface area contributed by atoms with Crippen LogP contribution in [0.2, 0.25) is 0 Å². The summed E-state index contributed by atoms with van der Waals surface area (Å²) in [6, 6.07) is 0.584. The van der Waals surface area contributed by atoms with Crippen molar-refractivity contribution >= 4 is 12.4 Å². The van der Waals surface area contributed by atoms with Gasteiger partial charge in [-0.3, -0.25) is 4.90 Å². The quantitative estimate of drug-likeness (QED) is 0.799. The zero-order chi connectivity index (χ0) is 9.10. The highest BCUT2D eigenvalue weighted by Crippen LogP contribution is 2.04. The summed E-state index contributed by atoms with van der Waals surface area (Å²) < 4.78 is 4.93. The van der Waals surface area contributed by atoms with Gasteiger partial charge in [-0.1, -0.05) is 0 Å². The van der Waals surface area contributed by atoms with E-state index in [-0.39, 0.29) is 12.4 Å². The number of hydrogen-bond acceptors (Lipinski definition) is 4. The predicted molar refractivity (Wildman–Crippen MR) is 56.5 cm³/mol. The molecule has 0 amide bonds. The molecule has 1 aromatic rings. The molecule has 0 saturated carbocycles. The van der Waals surface area contributed by atoms with E-state index < -0.39 is 0 Å². The van der Waals surface area contributed by atoms with E-state index in [4.69, 9.17) is 4.42 Å². The average Bonchev–Trinajstić information content (AvgIpc) is 2.57. The molecule has 4 nitrogen and oxygen atoms in total. The van der Waals surface area contributed by atoms with Gasteiger partial charge in [-0.15, -0.1) is 12.4 Å².